The van der Waals surface area contributed by atoms with Crippen molar-refractivity contribution in [2.45, 2.75) is 49.2 Å². The van der Waals surface area contributed by atoms with Crippen molar-refractivity contribution in [3.05, 3.63) is 59.2 Å². The molecular formula is C20H21NO3S. The van der Waals surface area contributed by atoms with E-state index in [1.54, 1.807) is 16.4 Å². The van der Waals surface area contributed by atoms with E-state index < -0.39 is 10.0 Å². The standard InChI is InChI=1S/C20H21NO3S/c22-25(23,17-8-7-15-12-24-13-16(15)11-17)21-14-20(9-3-4-10-20)18-5-1-2-6-19(18)21/h1-2,5-8,11H,3-4,9-10,12-14H2. The average Bonchev–Trinajstić information content (AvgIpc) is 3.35. The highest BCUT2D eigenvalue weighted by atomic mass is 32.2. The van der Waals surface area contributed by atoms with E-state index in [0.717, 1.165) is 29.7 Å². The molecule has 0 radical (unpaired) electrons. The Morgan fingerprint density at radius 2 is 1.72 bits per heavy atom. The predicted octanol–water partition coefficient (Wildman–Crippen LogP) is 3.74. The van der Waals surface area contributed by atoms with Crippen LogP contribution in [0, 0.1) is 0 Å². The predicted molar refractivity (Wildman–Crippen MR) is 96.1 cm³/mol. The van der Waals surface area contributed by atoms with Crippen LogP contribution in [-0.2, 0) is 33.4 Å². The van der Waals surface area contributed by atoms with E-state index in [2.05, 4.69) is 6.07 Å². The first-order chi connectivity index (χ1) is 12.1. The first-order valence-corrected chi connectivity index (χ1v) is 10.4. The summed E-state index contributed by atoms with van der Waals surface area (Å²) in [5.41, 5.74) is 4.16. The molecule has 5 rings (SSSR count). The summed E-state index contributed by atoms with van der Waals surface area (Å²) >= 11 is 0. The number of hydrogen-bond donors (Lipinski definition) is 0. The smallest absolute Gasteiger partial charge is 0.264 e. The largest absolute Gasteiger partial charge is 0.372 e. The normalized spacial score (nSPS) is 20.9. The van der Waals surface area contributed by atoms with Gasteiger partial charge in [-0.05, 0) is 47.7 Å². The highest BCUT2D eigenvalue weighted by molar-refractivity contribution is 7.92. The number of benzene rings is 2. The van der Waals surface area contributed by atoms with Crippen molar-refractivity contribution in [3.8, 4) is 0 Å². The molecule has 0 bridgehead atoms. The molecule has 4 nitrogen and oxygen atoms in total. The number of sulfonamides is 1. The molecule has 3 aliphatic rings. The SMILES string of the molecule is O=S(=O)(c1ccc2c(c1)COC2)N1CC2(CCCC2)c2ccccc21. The van der Waals surface area contributed by atoms with Gasteiger partial charge < -0.3 is 4.74 Å². The second-order valence-corrected chi connectivity index (χ2v) is 9.30. The maximum absolute atomic E-state index is 13.4. The van der Waals surface area contributed by atoms with Crippen molar-refractivity contribution in [1.29, 1.82) is 0 Å². The third-order valence-corrected chi connectivity index (χ3v) is 7.79. The monoisotopic (exact) mass is 355 g/mol. The fourth-order valence-corrected chi connectivity index (χ4v) is 6.34. The quantitative estimate of drug-likeness (QED) is 0.824. The van der Waals surface area contributed by atoms with Crippen LogP contribution < -0.4 is 4.31 Å². The van der Waals surface area contributed by atoms with Crippen LogP contribution in [-0.4, -0.2) is 15.0 Å². The first-order valence-electron chi connectivity index (χ1n) is 8.92. The van der Waals surface area contributed by atoms with Crippen LogP contribution in [0.1, 0.15) is 42.4 Å². The Kier molecular flexibility index (Phi) is 3.28. The van der Waals surface area contributed by atoms with Crippen molar-refractivity contribution < 1.29 is 13.2 Å². The van der Waals surface area contributed by atoms with Gasteiger partial charge in [-0.25, -0.2) is 8.42 Å². The first kappa shape index (κ1) is 15.4. The second-order valence-electron chi connectivity index (χ2n) is 7.44. The summed E-state index contributed by atoms with van der Waals surface area (Å²) in [7, 11) is -3.56. The number of anilines is 1. The van der Waals surface area contributed by atoms with Gasteiger partial charge in [-0.15, -0.1) is 0 Å². The van der Waals surface area contributed by atoms with Crippen molar-refractivity contribution in [2.24, 2.45) is 0 Å². The lowest BCUT2D eigenvalue weighted by Crippen LogP contribution is -2.35. The molecule has 1 fully saturated rings. The van der Waals surface area contributed by atoms with Crippen LogP contribution in [0.4, 0.5) is 5.69 Å². The molecule has 1 saturated carbocycles. The third-order valence-electron chi connectivity index (χ3n) is 6.03. The van der Waals surface area contributed by atoms with Crippen LogP contribution in [0.2, 0.25) is 0 Å². The number of rotatable bonds is 2. The van der Waals surface area contributed by atoms with E-state index in [0.29, 0.717) is 24.7 Å². The molecule has 1 spiro atoms. The zero-order chi connectivity index (χ0) is 17.1. The van der Waals surface area contributed by atoms with Gasteiger partial charge in [-0.1, -0.05) is 37.1 Å². The lowest BCUT2D eigenvalue weighted by Gasteiger charge is -2.25. The summed E-state index contributed by atoms with van der Waals surface area (Å²) in [5.74, 6) is 0. The molecular weight excluding hydrogens is 334 g/mol. The molecule has 1 aliphatic carbocycles. The van der Waals surface area contributed by atoms with Crippen LogP contribution >= 0.6 is 0 Å². The van der Waals surface area contributed by atoms with E-state index in [1.165, 1.54) is 18.4 Å². The van der Waals surface area contributed by atoms with Gasteiger partial charge in [-0.3, -0.25) is 4.31 Å². The molecule has 5 heteroatoms. The zero-order valence-corrected chi connectivity index (χ0v) is 14.9. The lowest BCUT2D eigenvalue weighted by molar-refractivity contribution is 0.134. The van der Waals surface area contributed by atoms with Crippen molar-refractivity contribution >= 4 is 15.7 Å². The number of hydrogen-bond acceptors (Lipinski definition) is 3. The summed E-state index contributed by atoms with van der Waals surface area (Å²) in [4.78, 5) is 0.376. The Bertz CT molecular complexity index is 945. The minimum absolute atomic E-state index is 0.00347. The van der Waals surface area contributed by atoms with E-state index >= 15 is 0 Å². The molecule has 2 aliphatic heterocycles. The summed E-state index contributed by atoms with van der Waals surface area (Å²) in [6.07, 6.45) is 4.51. The maximum atomic E-state index is 13.4. The van der Waals surface area contributed by atoms with Gasteiger partial charge in [0, 0.05) is 12.0 Å². The molecule has 0 unspecified atom stereocenters. The van der Waals surface area contributed by atoms with Gasteiger partial charge >= 0.3 is 0 Å². The molecule has 25 heavy (non-hydrogen) atoms. The molecule has 0 saturated heterocycles. The van der Waals surface area contributed by atoms with Gasteiger partial charge in [0.25, 0.3) is 10.0 Å². The molecule has 0 aromatic heterocycles. The fourth-order valence-electron chi connectivity index (χ4n) is 4.71. The van der Waals surface area contributed by atoms with Crippen molar-refractivity contribution in [2.75, 3.05) is 10.8 Å². The summed E-state index contributed by atoms with van der Waals surface area (Å²) in [5, 5.41) is 0. The molecule has 0 amide bonds. The highest BCUT2D eigenvalue weighted by Crippen LogP contribution is 2.51. The van der Waals surface area contributed by atoms with E-state index in [1.807, 2.05) is 24.3 Å². The number of fused-ring (bicyclic) bond motifs is 3. The van der Waals surface area contributed by atoms with Gasteiger partial charge in [0.05, 0.1) is 23.8 Å². The average molecular weight is 355 g/mol. The fraction of sp³-hybridized carbons (Fsp3) is 0.400. The minimum Gasteiger partial charge on any atom is -0.372 e. The Labute approximate surface area is 148 Å². The van der Waals surface area contributed by atoms with Gasteiger partial charge in [0.1, 0.15) is 0 Å². The topological polar surface area (TPSA) is 46.6 Å². The van der Waals surface area contributed by atoms with Crippen molar-refractivity contribution in [1.82, 2.24) is 0 Å². The van der Waals surface area contributed by atoms with Crippen molar-refractivity contribution in [3.63, 3.8) is 0 Å². The summed E-state index contributed by atoms with van der Waals surface area (Å²) in [6, 6.07) is 13.4. The van der Waals surface area contributed by atoms with Gasteiger partial charge in [0.15, 0.2) is 0 Å². The lowest BCUT2D eigenvalue weighted by atomic mass is 9.81. The van der Waals surface area contributed by atoms with E-state index in [9.17, 15) is 8.42 Å². The Morgan fingerprint density at radius 3 is 2.56 bits per heavy atom. The van der Waals surface area contributed by atoms with Crippen LogP contribution in [0.25, 0.3) is 0 Å². The van der Waals surface area contributed by atoms with Gasteiger partial charge in [0.2, 0.25) is 0 Å². The zero-order valence-electron chi connectivity index (χ0n) is 14.1. The summed E-state index contributed by atoms with van der Waals surface area (Å²) < 4.78 is 33.9. The van der Waals surface area contributed by atoms with Gasteiger partial charge in [-0.2, -0.15) is 0 Å². The second kappa shape index (κ2) is 5.32. The number of nitrogens with zero attached hydrogens (tertiary/aromatic N) is 1. The third kappa shape index (κ3) is 2.19. The summed E-state index contributed by atoms with van der Waals surface area (Å²) in [6.45, 7) is 1.65. The Morgan fingerprint density at radius 1 is 0.960 bits per heavy atom. The van der Waals surface area contributed by atoms with E-state index in [-0.39, 0.29) is 5.41 Å². The van der Waals surface area contributed by atoms with Crippen LogP contribution in [0.5, 0.6) is 0 Å². The Hall–Kier alpha value is -1.85. The minimum atomic E-state index is -3.56. The highest BCUT2D eigenvalue weighted by Gasteiger charge is 2.48. The molecule has 2 aromatic rings. The van der Waals surface area contributed by atoms with Crippen LogP contribution in [0.15, 0.2) is 47.4 Å². The molecule has 0 atom stereocenters. The molecule has 2 heterocycles. The maximum Gasteiger partial charge on any atom is 0.264 e. The molecule has 0 N–H and O–H groups in total. The number of ether oxygens (including phenoxy) is 1. The number of para-hydroxylation sites is 1. The van der Waals surface area contributed by atoms with E-state index in [4.69, 9.17) is 4.74 Å². The molecule has 2 aromatic carbocycles. The molecule has 130 valence electrons. The van der Waals surface area contributed by atoms with Crippen LogP contribution in [0.3, 0.4) is 0 Å². The Balaban J connectivity index is 1.61.